The Morgan fingerprint density at radius 2 is 2.10 bits per heavy atom. The van der Waals surface area contributed by atoms with Gasteiger partial charge in [0.25, 0.3) is 0 Å². The zero-order chi connectivity index (χ0) is 14.8. The average Bonchev–Trinajstić information content (AvgIpc) is 2.88. The number of hydrogen-bond donors (Lipinski definition) is 1. The van der Waals surface area contributed by atoms with Crippen molar-refractivity contribution >= 4 is 5.96 Å². The molecule has 2 aliphatic heterocycles. The summed E-state index contributed by atoms with van der Waals surface area (Å²) in [6, 6.07) is 0. The second kappa shape index (κ2) is 5.92. The van der Waals surface area contributed by atoms with Crippen LogP contribution >= 0.6 is 0 Å². The molecule has 2 aliphatic rings. The van der Waals surface area contributed by atoms with E-state index in [0.29, 0.717) is 11.5 Å². The Morgan fingerprint density at radius 3 is 2.60 bits per heavy atom. The van der Waals surface area contributed by atoms with Crippen LogP contribution in [0.3, 0.4) is 0 Å². The Hall–Kier alpha value is -0.770. The van der Waals surface area contributed by atoms with Crippen molar-refractivity contribution in [3.8, 4) is 0 Å². The van der Waals surface area contributed by atoms with Gasteiger partial charge < -0.3 is 15.0 Å². The Balaban J connectivity index is 1.93. The number of guanidine groups is 1. The highest BCUT2D eigenvalue weighted by Crippen LogP contribution is 2.46. The van der Waals surface area contributed by atoms with Gasteiger partial charge in [-0.1, -0.05) is 13.8 Å². The summed E-state index contributed by atoms with van der Waals surface area (Å²) in [4.78, 5) is 7.22. The summed E-state index contributed by atoms with van der Waals surface area (Å²) in [6.45, 7) is 15.2. The van der Waals surface area contributed by atoms with Crippen LogP contribution in [0.25, 0.3) is 0 Å². The number of hydrogen-bond acceptors (Lipinski definition) is 2. The van der Waals surface area contributed by atoms with E-state index >= 15 is 0 Å². The van der Waals surface area contributed by atoms with E-state index in [1.807, 2.05) is 0 Å². The molecule has 1 atom stereocenters. The predicted octanol–water partition coefficient (Wildman–Crippen LogP) is 2.64. The first-order valence-electron chi connectivity index (χ1n) is 8.06. The van der Waals surface area contributed by atoms with Gasteiger partial charge in [0.15, 0.2) is 5.96 Å². The third-order valence-electron chi connectivity index (χ3n) is 5.21. The van der Waals surface area contributed by atoms with Crippen molar-refractivity contribution in [1.82, 2.24) is 10.2 Å². The summed E-state index contributed by atoms with van der Waals surface area (Å²) in [5.74, 6) is 1.06. The lowest BCUT2D eigenvalue weighted by molar-refractivity contribution is -0.0667. The minimum atomic E-state index is 0.165. The topological polar surface area (TPSA) is 36.9 Å². The van der Waals surface area contributed by atoms with Crippen LogP contribution in [0.4, 0.5) is 0 Å². The highest BCUT2D eigenvalue weighted by atomic mass is 16.5. The Bertz CT molecular complexity index is 357. The van der Waals surface area contributed by atoms with Gasteiger partial charge in [-0.2, -0.15) is 0 Å². The Labute approximate surface area is 124 Å². The van der Waals surface area contributed by atoms with E-state index in [4.69, 9.17) is 9.73 Å². The van der Waals surface area contributed by atoms with Crippen LogP contribution in [-0.2, 0) is 4.74 Å². The number of aliphatic imine (C=N–C) groups is 1. The minimum Gasteiger partial charge on any atom is -0.378 e. The number of ether oxygens (including phenoxy) is 1. The second-order valence-corrected chi connectivity index (χ2v) is 7.19. The maximum absolute atomic E-state index is 5.67. The number of likely N-dealkylation sites (tertiary alicyclic amines) is 1. The van der Waals surface area contributed by atoms with Crippen molar-refractivity contribution in [1.29, 1.82) is 0 Å². The first-order chi connectivity index (χ1) is 9.38. The van der Waals surface area contributed by atoms with Crippen molar-refractivity contribution < 1.29 is 4.74 Å². The lowest BCUT2D eigenvalue weighted by atomic mass is 9.65. The van der Waals surface area contributed by atoms with E-state index in [0.717, 1.165) is 38.6 Å². The summed E-state index contributed by atoms with van der Waals surface area (Å²) in [5, 5.41) is 3.44. The summed E-state index contributed by atoms with van der Waals surface area (Å²) >= 11 is 0. The number of nitrogens with zero attached hydrogens (tertiary/aromatic N) is 2. The molecule has 1 unspecified atom stereocenters. The SMILES string of the molecule is CCNC(=NCCC1CCCO1)N1CC(C)(C)C1(C)C. The zero-order valence-corrected chi connectivity index (χ0v) is 13.8. The normalized spacial score (nSPS) is 28.4. The highest BCUT2D eigenvalue weighted by molar-refractivity contribution is 5.82. The Morgan fingerprint density at radius 1 is 1.35 bits per heavy atom. The molecule has 0 spiro atoms. The van der Waals surface area contributed by atoms with Crippen molar-refractivity contribution in [3.63, 3.8) is 0 Å². The molecule has 0 amide bonds. The molecule has 0 aromatic rings. The van der Waals surface area contributed by atoms with Gasteiger partial charge in [0.05, 0.1) is 6.10 Å². The third-order valence-corrected chi connectivity index (χ3v) is 5.21. The lowest BCUT2D eigenvalue weighted by Gasteiger charge is -2.62. The molecule has 0 radical (unpaired) electrons. The fraction of sp³-hybridized carbons (Fsp3) is 0.938. The fourth-order valence-corrected chi connectivity index (χ4v) is 2.98. The largest absolute Gasteiger partial charge is 0.378 e. The van der Waals surface area contributed by atoms with Crippen LogP contribution in [0.2, 0.25) is 0 Å². The van der Waals surface area contributed by atoms with Crippen LogP contribution in [0.15, 0.2) is 4.99 Å². The summed E-state index contributed by atoms with van der Waals surface area (Å²) < 4.78 is 5.67. The molecular weight excluding hydrogens is 250 g/mol. The summed E-state index contributed by atoms with van der Waals surface area (Å²) in [5.41, 5.74) is 0.510. The van der Waals surface area contributed by atoms with Crippen LogP contribution in [-0.4, -0.2) is 48.7 Å². The number of nitrogens with one attached hydrogen (secondary N) is 1. The van der Waals surface area contributed by atoms with Gasteiger partial charge in [-0.3, -0.25) is 4.99 Å². The third kappa shape index (κ3) is 2.95. The van der Waals surface area contributed by atoms with E-state index in [-0.39, 0.29) is 5.54 Å². The Kier molecular flexibility index (Phi) is 4.62. The molecule has 4 heteroatoms. The molecule has 0 aromatic heterocycles. The fourth-order valence-electron chi connectivity index (χ4n) is 2.98. The van der Waals surface area contributed by atoms with Crippen LogP contribution in [0, 0.1) is 5.41 Å². The summed E-state index contributed by atoms with van der Waals surface area (Å²) in [7, 11) is 0. The first-order valence-corrected chi connectivity index (χ1v) is 8.06. The van der Waals surface area contributed by atoms with Crippen molar-refractivity contribution in [2.24, 2.45) is 10.4 Å². The molecule has 0 aliphatic carbocycles. The number of rotatable bonds is 4. The maximum Gasteiger partial charge on any atom is 0.194 e. The zero-order valence-electron chi connectivity index (χ0n) is 13.8. The van der Waals surface area contributed by atoms with Gasteiger partial charge >= 0.3 is 0 Å². The van der Waals surface area contributed by atoms with Crippen molar-refractivity contribution in [2.45, 2.75) is 65.5 Å². The molecular formula is C16H31N3O. The molecule has 0 bridgehead atoms. The molecule has 2 heterocycles. The molecule has 2 fully saturated rings. The highest BCUT2D eigenvalue weighted by Gasteiger charge is 2.53. The molecule has 0 saturated carbocycles. The lowest BCUT2D eigenvalue weighted by Crippen LogP contribution is -2.72. The summed E-state index contributed by atoms with van der Waals surface area (Å²) in [6.07, 6.45) is 3.89. The molecule has 2 saturated heterocycles. The van der Waals surface area contributed by atoms with Gasteiger partial charge in [0.2, 0.25) is 0 Å². The monoisotopic (exact) mass is 281 g/mol. The van der Waals surface area contributed by atoms with Crippen molar-refractivity contribution in [3.05, 3.63) is 0 Å². The first kappa shape index (κ1) is 15.6. The second-order valence-electron chi connectivity index (χ2n) is 7.19. The van der Waals surface area contributed by atoms with Crippen molar-refractivity contribution in [2.75, 3.05) is 26.2 Å². The van der Waals surface area contributed by atoms with Crippen LogP contribution < -0.4 is 5.32 Å². The quantitative estimate of drug-likeness (QED) is 0.636. The molecule has 4 nitrogen and oxygen atoms in total. The maximum atomic E-state index is 5.67. The van der Waals surface area contributed by atoms with E-state index in [9.17, 15) is 0 Å². The molecule has 1 N–H and O–H groups in total. The van der Waals surface area contributed by atoms with E-state index in [1.165, 1.54) is 12.8 Å². The minimum absolute atomic E-state index is 0.165. The standard InChI is InChI=1S/C16H31N3O/c1-6-17-14(18-10-9-13-8-7-11-20-13)19-12-15(2,3)16(19,4)5/h13H,6-12H2,1-5H3,(H,17,18). The van der Waals surface area contributed by atoms with Gasteiger partial charge in [-0.05, 0) is 40.0 Å². The molecule has 2 rings (SSSR count). The molecule has 0 aromatic carbocycles. The predicted molar refractivity (Wildman–Crippen MR) is 84.1 cm³/mol. The van der Waals surface area contributed by atoms with E-state index < -0.39 is 0 Å². The van der Waals surface area contributed by atoms with Gasteiger partial charge in [-0.15, -0.1) is 0 Å². The van der Waals surface area contributed by atoms with E-state index in [2.05, 4.69) is 44.8 Å². The molecule has 116 valence electrons. The molecule has 20 heavy (non-hydrogen) atoms. The van der Waals surface area contributed by atoms with Gasteiger partial charge in [0.1, 0.15) is 0 Å². The average molecular weight is 281 g/mol. The van der Waals surface area contributed by atoms with Crippen LogP contribution in [0.5, 0.6) is 0 Å². The smallest absolute Gasteiger partial charge is 0.194 e. The van der Waals surface area contributed by atoms with E-state index in [1.54, 1.807) is 0 Å². The van der Waals surface area contributed by atoms with Gasteiger partial charge in [0, 0.05) is 37.2 Å². The van der Waals surface area contributed by atoms with Gasteiger partial charge in [-0.25, -0.2) is 0 Å². The van der Waals surface area contributed by atoms with Crippen LogP contribution in [0.1, 0.15) is 53.9 Å².